The molecule has 124 valence electrons. The minimum atomic E-state index is 0.0866. The standard InChI is InChI=1S/C18H26N4O/c1-15-13-16-5-3-4-6-17(16)22(15)14-18(23)19-7-8-21-11-9-20(2)10-12-21/h3-6,13H,7-12,14H2,1-2H3,(H,19,23). The zero-order chi connectivity index (χ0) is 16.2. The summed E-state index contributed by atoms with van der Waals surface area (Å²) in [5, 5.41) is 4.25. The molecule has 1 aromatic carbocycles. The number of likely N-dealkylation sites (N-methyl/N-ethyl adjacent to an activating group) is 1. The molecule has 1 fully saturated rings. The Hall–Kier alpha value is -1.85. The van der Waals surface area contributed by atoms with Crippen LogP contribution in [0.5, 0.6) is 0 Å². The number of amides is 1. The highest BCUT2D eigenvalue weighted by Gasteiger charge is 2.14. The van der Waals surface area contributed by atoms with Crippen LogP contribution < -0.4 is 5.32 Å². The number of hydrogen-bond donors (Lipinski definition) is 1. The van der Waals surface area contributed by atoms with Gasteiger partial charge in [-0.25, -0.2) is 0 Å². The molecule has 5 nitrogen and oxygen atoms in total. The molecule has 0 unspecified atom stereocenters. The number of piperazine rings is 1. The van der Waals surface area contributed by atoms with E-state index in [0.29, 0.717) is 6.54 Å². The van der Waals surface area contributed by atoms with Gasteiger partial charge in [-0.05, 0) is 31.5 Å². The predicted octanol–water partition coefficient (Wildman–Crippen LogP) is 1.31. The van der Waals surface area contributed by atoms with E-state index < -0.39 is 0 Å². The molecule has 1 aromatic heterocycles. The quantitative estimate of drug-likeness (QED) is 0.905. The molecule has 1 aliphatic heterocycles. The first-order chi connectivity index (χ1) is 11.1. The summed E-state index contributed by atoms with van der Waals surface area (Å²) in [6.07, 6.45) is 0. The zero-order valence-corrected chi connectivity index (χ0v) is 14.1. The van der Waals surface area contributed by atoms with Gasteiger partial charge in [-0.2, -0.15) is 0 Å². The molecule has 3 rings (SSSR count). The molecule has 0 aliphatic carbocycles. The minimum Gasteiger partial charge on any atom is -0.353 e. The Balaban J connectivity index is 1.50. The van der Waals surface area contributed by atoms with E-state index in [2.05, 4.69) is 51.9 Å². The number of fused-ring (bicyclic) bond motifs is 1. The monoisotopic (exact) mass is 314 g/mol. The number of nitrogens with zero attached hydrogens (tertiary/aromatic N) is 3. The number of para-hydroxylation sites is 1. The van der Waals surface area contributed by atoms with Crippen molar-refractivity contribution in [3.8, 4) is 0 Å². The van der Waals surface area contributed by atoms with Crippen molar-refractivity contribution in [3.63, 3.8) is 0 Å². The van der Waals surface area contributed by atoms with Gasteiger partial charge in [0.15, 0.2) is 0 Å². The van der Waals surface area contributed by atoms with Gasteiger partial charge in [-0.3, -0.25) is 9.69 Å². The highest BCUT2D eigenvalue weighted by molar-refractivity contribution is 5.84. The number of hydrogen-bond acceptors (Lipinski definition) is 3. The van der Waals surface area contributed by atoms with Crippen LogP contribution in [0.3, 0.4) is 0 Å². The van der Waals surface area contributed by atoms with Gasteiger partial charge in [0, 0.05) is 50.5 Å². The first-order valence-corrected chi connectivity index (χ1v) is 8.36. The Morgan fingerprint density at radius 2 is 1.91 bits per heavy atom. The summed E-state index contributed by atoms with van der Waals surface area (Å²) in [4.78, 5) is 17.0. The fourth-order valence-electron chi connectivity index (χ4n) is 3.18. The molecule has 1 aliphatic rings. The second-order valence-electron chi connectivity index (χ2n) is 6.43. The van der Waals surface area contributed by atoms with Gasteiger partial charge in [0.2, 0.25) is 5.91 Å². The largest absolute Gasteiger partial charge is 0.353 e. The van der Waals surface area contributed by atoms with E-state index in [4.69, 9.17) is 0 Å². The lowest BCUT2D eigenvalue weighted by Crippen LogP contribution is -2.47. The number of carbonyl (C=O) groups excluding carboxylic acids is 1. The maximum atomic E-state index is 12.2. The summed E-state index contributed by atoms with van der Waals surface area (Å²) in [6, 6.07) is 10.3. The van der Waals surface area contributed by atoms with E-state index in [9.17, 15) is 4.79 Å². The van der Waals surface area contributed by atoms with Gasteiger partial charge in [0.25, 0.3) is 0 Å². The third kappa shape index (κ3) is 3.92. The van der Waals surface area contributed by atoms with Crippen molar-refractivity contribution in [2.45, 2.75) is 13.5 Å². The van der Waals surface area contributed by atoms with Crippen molar-refractivity contribution in [2.24, 2.45) is 0 Å². The smallest absolute Gasteiger partial charge is 0.239 e. The number of carbonyl (C=O) groups is 1. The minimum absolute atomic E-state index is 0.0866. The zero-order valence-electron chi connectivity index (χ0n) is 14.1. The highest BCUT2D eigenvalue weighted by Crippen LogP contribution is 2.18. The molecular formula is C18H26N4O. The second-order valence-corrected chi connectivity index (χ2v) is 6.43. The molecule has 0 atom stereocenters. The number of aryl methyl sites for hydroxylation is 1. The van der Waals surface area contributed by atoms with Gasteiger partial charge in [0.1, 0.15) is 6.54 Å². The van der Waals surface area contributed by atoms with Crippen LogP contribution >= 0.6 is 0 Å². The van der Waals surface area contributed by atoms with Crippen LogP contribution in [-0.4, -0.2) is 66.6 Å². The van der Waals surface area contributed by atoms with Crippen molar-refractivity contribution in [1.82, 2.24) is 19.7 Å². The summed E-state index contributed by atoms with van der Waals surface area (Å²) >= 11 is 0. The van der Waals surface area contributed by atoms with Gasteiger partial charge >= 0.3 is 0 Å². The van der Waals surface area contributed by atoms with Gasteiger partial charge in [-0.1, -0.05) is 18.2 Å². The number of rotatable bonds is 5. The first-order valence-electron chi connectivity index (χ1n) is 8.36. The van der Waals surface area contributed by atoms with E-state index >= 15 is 0 Å². The highest BCUT2D eigenvalue weighted by atomic mass is 16.1. The van der Waals surface area contributed by atoms with E-state index in [0.717, 1.165) is 50.5 Å². The molecular weight excluding hydrogens is 288 g/mol. The molecule has 5 heteroatoms. The lowest BCUT2D eigenvalue weighted by Gasteiger charge is -2.32. The summed E-state index contributed by atoms with van der Waals surface area (Å²) in [5.74, 6) is 0.0866. The Morgan fingerprint density at radius 3 is 2.70 bits per heavy atom. The summed E-state index contributed by atoms with van der Waals surface area (Å²) in [7, 11) is 2.16. The Kier molecular flexibility index (Phi) is 4.98. The van der Waals surface area contributed by atoms with Crippen LogP contribution in [0.25, 0.3) is 10.9 Å². The van der Waals surface area contributed by atoms with Crippen molar-refractivity contribution < 1.29 is 4.79 Å². The number of nitrogens with one attached hydrogen (secondary N) is 1. The van der Waals surface area contributed by atoms with E-state index in [1.165, 1.54) is 5.39 Å². The Morgan fingerprint density at radius 1 is 1.17 bits per heavy atom. The summed E-state index contributed by atoms with van der Waals surface area (Å²) in [6.45, 7) is 8.51. The van der Waals surface area contributed by atoms with Crippen LogP contribution in [0, 0.1) is 6.92 Å². The lowest BCUT2D eigenvalue weighted by atomic mass is 10.2. The van der Waals surface area contributed by atoms with Crippen LogP contribution in [0.4, 0.5) is 0 Å². The molecule has 0 radical (unpaired) electrons. The average Bonchev–Trinajstić information content (AvgIpc) is 2.85. The second kappa shape index (κ2) is 7.15. The molecule has 1 N–H and O–H groups in total. The SMILES string of the molecule is Cc1cc2ccccc2n1CC(=O)NCCN1CCN(C)CC1. The molecule has 1 saturated heterocycles. The van der Waals surface area contributed by atoms with Crippen molar-refractivity contribution in [1.29, 1.82) is 0 Å². The van der Waals surface area contributed by atoms with Crippen LogP contribution in [0.2, 0.25) is 0 Å². The predicted molar refractivity (Wildman–Crippen MR) is 93.6 cm³/mol. The Labute approximate surface area is 137 Å². The molecule has 0 bridgehead atoms. The number of aromatic nitrogens is 1. The molecule has 23 heavy (non-hydrogen) atoms. The van der Waals surface area contributed by atoms with Crippen molar-refractivity contribution in [2.75, 3.05) is 46.3 Å². The van der Waals surface area contributed by atoms with E-state index in [-0.39, 0.29) is 5.91 Å². The number of benzene rings is 1. The van der Waals surface area contributed by atoms with E-state index in [1.54, 1.807) is 0 Å². The topological polar surface area (TPSA) is 40.5 Å². The first kappa shape index (κ1) is 16.0. The third-order valence-electron chi connectivity index (χ3n) is 4.67. The van der Waals surface area contributed by atoms with Crippen LogP contribution in [-0.2, 0) is 11.3 Å². The average molecular weight is 314 g/mol. The van der Waals surface area contributed by atoms with Crippen LogP contribution in [0.1, 0.15) is 5.69 Å². The molecule has 0 spiro atoms. The lowest BCUT2D eigenvalue weighted by molar-refractivity contribution is -0.121. The molecule has 1 amide bonds. The van der Waals surface area contributed by atoms with Crippen LogP contribution in [0.15, 0.2) is 30.3 Å². The fraction of sp³-hybridized carbons (Fsp3) is 0.500. The van der Waals surface area contributed by atoms with Gasteiger partial charge < -0.3 is 14.8 Å². The van der Waals surface area contributed by atoms with Gasteiger partial charge in [-0.15, -0.1) is 0 Å². The fourth-order valence-corrected chi connectivity index (χ4v) is 3.18. The van der Waals surface area contributed by atoms with Gasteiger partial charge in [0.05, 0.1) is 0 Å². The molecule has 2 heterocycles. The summed E-state index contributed by atoms with van der Waals surface area (Å²) < 4.78 is 2.08. The van der Waals surface area contributed by atoms with Crippen molar-refractivity contribution in [3.05, 3.63) is 36.0 Å². The molecule has 0 saturated carbocycles. The maximum Gasteiger partial charge on any atom is 0.239 e. The van der Waals surface area contributed by atoms with E-state index in [1.807, 2.05) is 12.1 Å². The third-order valence-corrected chi connectivity index (χ3v) is 4.67. The Bertz CT molecular complexity index is 671. The summed E-state index contributed by atoms with van der Waals surface area (Å²) in [5.41, 5.74) is 2.25. The normalized spacial score (nSPS) is 16.8. The molecule has 2 aromatic rings. The maximum absolute atomic E-state index is 12.2. The van der Waals surface area contributed by atoms with Crippen molar-refractivity contribution >= 4 is 16.8 Å².